The summed E-state index contributed by atoms with van der Waals surface area (Å²) >= 11 is 0. The van der Waals surface area contributed by atoms with Crippen LogP contribution < -0.4 is 10.9 Å². The molecule has 1 aliphatic carbocycles. The Morgan fingerprint density at radius 3 is 2.71 bits per heavy atom. The molecule has 1 aliphatic rings. The molecule has 8 heteroatoms. The van der Waals surface area contributed by atoms with Gasteiger partial charge in [-0.15, -0.1) is 0 Å². The van der Waals surface area contributed by atoms with Crippen molar-refractivity contribution in [3.05, 3.63) is 38.8 Å². The molecule has 0 aliphatic heterocycles. The molecular formula is C13H14N4O4. The molecule has 2 rings (SSSR count). The second-order valence-electron chi connectivity index (χ2n) is 5.06. The zero-order valence-corrected chi connectivity index (χ0v) is 11.2. The lowest BCUT2D eigenvalue weighted by atomic mass is 10.00. The van der Waals surface area contributed by atoms with Crippen LogP contribution in [0.5, 0.6) is 0 Å². The summed E-state index contributed by atoms with van der Waals surface area (Å²) in [5.74, 6) is -0.499. The predicted octanol–water partition coefficient (Wildman–Crippen LogP) is 0.709. The van der Waals surface area contributed by atoms with Crippen molar-refractivity contribution in [1.82, 2.24) is 9.88 Å². The molecular weight excluding hydrogens is 276 g/mol. The van der Waals surface area contributed by atoms with Crippen LogP contribution in [0.4, 0.5) is 5.69 Å². The molecule has 110 valence electrons. The van der Waals surface area contributed by atoms with E-state index in [1.54, 1.807) is 0 Å². The Kier molecular flexibility index (Phi) is 4.03. The first kappa shape index (κ1) is 14.7. The van der Waals surface area contributed by atoms with E-state index in [1.165, 1.54) is 0 Å². The summed E-state index contributed by atoms with van der Waals surface area (Å²) in [6, 6.07) is 4.24. The Morgan fingerprint density at radius 1 is 1.48 bits per heavy atom. The molecule has 21 heavy (non-hydrogen) atoms. The molecule has 8 nitrogen and oxygen atoms in total. The van der Waals surface area contributed by atoms with E-state index in [9.17, 15) is 25.0 Å². The third-order valence-electron chi connectivity index (χ3n) is 3.54. The zero-order chi connectivity index (χ0) is 15.5. The van der Waals surface area contributed by atoms with Gasteiger partial charge in [-0.1, -0.05) is 0 Å². The highest BCUT2D eigenvalue weighted by atomic mass is 16.6. The van der Waals surface area contributed by atoms with Crippen LogP contribution in [-0.2, 0) is 11.3 Å². The van der Waals surface area contributed by atoms with Crippen LogP contribution in [0.2, 0.25) is 0 Å². The minimum atomic E-state index is -0.874. The van der Waals surface area contributed by atoms with Gasteiger partial charge in [0.05, 0.1) is 17.2 Å². The first-order chi connectivity index (χ1) is 9.96. The van der Waals surface area contributed by atoms with Crippen molar-refractivity contribution in [3.8, 4) is 6.07 Å². The lowest BCUT2D eigenvalue weighted by molar-refractivity contribution is -0.385. The van der Waals surface area contributed by atoms with Crippen LogP contribution in [0, 0.1) is 21.4 Å². The van der Waals surface area contributed by atoms with E-state index in [-0.39, 0.29) is 12.2 Å². The van der Waals surface area contributed by atoms with Gasteiger partial charge in [-0.3, -0.25) is 24.3 Å². The van der Waals surface area contributed by atoms with E-state index in [4.69, 9.17) is 0 Å². The quantitative estimate of drug-likeness (QED) is 0.647. The van der Waals surface area contributed by atoms with E-state index in [0.29, 0.717) is 12.8 Å². The van der Waals surface area contributed by atoms with E-state index >= 15 is 0 Å². The first-order valence-corrected chi connectivity index (χ1v) is 6.53. The fraction of sp³-hybridized carbons (Fsp3) is 0.462. The van der Waals surface area contributed by atoms with Crippen molar-refractivity contribution in [2.75, 3.05) is 0 Å². The number of carbonyl (C=O) groups excluding carboxylic acids is 1. The van der Waals surface area contributed by atoms with E-state index in [1.807, 2.05) is 0 Å². The number of aromatic nitrogens is 1. The first-order valence-electron chi connectivity index (χ1n) is 6.53. The average Bonchev–Trinajstić information content (AvgIpc) is 2.90. The van der Waals surface area contributed by atoms with Crippen molar-refractivity contribution in [1.29, 1.82) is 5.26 Å². The second kappa shape index (κ2) is 5.75. The number of nitro groups is 1. The van der Waals surface area contributed by atoms with Gasteiger partial charge in [0.15, 0.2) is 0 Å². The monoisotopic (exact) mass is 290 g/mol. The summed E-state index contributed by atoms with van der Waals surface area (Å²) in [6.07, 6.45) is 3.92. The van der Waals surface area contributed by atoms with Gasteiger partial charge in [-0.05, 0) is 25.7 Å². The normalized spacial score (nSPS) is 16.1. The van der Waals surface area contributed by atoms with Crippen LogP contribution in [0.25, 0.3) is 0 Å². The lowest BCUT2D eigenvalue weighted by Crippen LogP contribution is -2.47. The fourth-order valence-electron chi connectivity index (χ4n) is 2.45. The van der Waals surface area contributed by atoms with Gasteiger partial charge in [-0.25, -0.2) is 0 Å². The second-order valence-corrected chi connectivity index (χ2v) is 5.06. The number of nitriles is 1. The fourth-order valence-corrected chi connectivity index (χ4v) is 2.45. The lowest BCUT2D eigenvalue weighted by Gasteiger charge is -2.22. The van der Waals surface area contributed by atoms with Crippen LogP contribution >= 0.6 is 0 Å². The molecule has 1 aromatic rings. The molecule has 1 heterocycles. The smallest absolute Gasteiger partial charge is 0.285 e. The van der Waals surface area contributed by atoms with Gasteiger partial charge in [0.2, 0.25) is 5.91 Å². The van der Waals surface area contributed by atoms with Crippen molar-refractivity contribution in [2.45, 2.75) is 37.8 Å². The summed E-state index contributed by atoms with van der Waals surface area (Å²) in [5, 5.41) is 22.5. The standard InChI is InChI=1S/C13H14N4O4/c14-9-13(5-1-2-6-13)15-11(18)8-16-7-10(17(20)21)3-4-12(16)19/h3-4,7H,1-2,5-6,8H2,(H,15,18). The molecule has 1 aromatic heterocycles. The predicted molar refractivity (Wildman–Crippen MR) is 72.3 cm³/mol. The van der Waals surface area contributed by atoms with E-state index in [0.717, 1.165) is 35.7 Å². The third kappa shape index (κ3) is 3.25. The summed E-state index contributed by atoms with van der Waals surface area (Å²) in [6.45, 7) is -0.343. The number of carbonyl (C=O) groups is 1. The number of hydrogen-bond donors (Lipinski definition) is 1. The van der Waals surface area contributed by atoms with E-state index < -0.39 is 21.9 Å². The Hall–Kier alpha value is -2.69. The molecule has 1 N–H and O–H groups in total. The maximum absolute atomic E-state index is 12.0. The minimum absolute atomic E-state index is 0.265. The summed E-state index contributed by atoms with van der Waals surface area (Å²) < 4.78 is 0.966. The number of nitrogens with zero attached hydrogens (tertiary/aromatic N) is 3. The van der Waals surface area contributed by atoms with Gasteiger partial charge in [0.1, 0.15) is 12.1 Å². The highest BCUT2D eigenvalue weighted by Crippen LogP contribution is 2.28. The summed E-state index contributed by atoms with van der Waals surface area (Å²) in [7, 11) is 0. The topological polar surface area (TPSA) is 118 Å². The van der Waals surface area contributed by atoms with Crippen molar-refractivity contribution in [2.24, 2.45) is 0 Å². The Morgan fingerprint density at radius 2 is 2.14 bits per heavy atom. The SMILES string of the molecule is N#CC1(NC(=O)Cn2cc([N+](=O)[O-])ccc2=O)CCCC1. The van der Waals surface area contributed by atoms with Crippen LogP contribution in [0.3, 0.4) is 0 Å². The maximum atomic E-state index is 12.0. The largest absolute Gasteiger partial charge is 0.336 e. The van der Waals surface area contributed by atoms with Gasteiger partial charge < -0.3 is 5.32 Å². The third-order valence-corrected chi connectivity index (χ3v) is 3.54. The molecule has 0 bridgehead atoms. The van der Waals surface area contributed by atoms with Crippen LogP contribution in [0.1, 0.15) is 25.7 Å². The van der Waals surface area contributed by atoms with Crippen LogP contribution in [0.15, 0.2) is 23.1 Å². The number of amides is 1. The molecule has 0 unspecified atom stereocenters. The summed E-state index contributed by atoms with van der Waals surface area (Å²) in [5.41, 5.74) is -1.65. The van der Waals surface area contributed by atoms with Crippen LogP contribution in [-0.4, -0.2) is 20.9 Å². The number of rotatable bonds is 4. The molecule has 0 atom stereocenters. The average molecular weight is 290 g/mol. The van der Waals surface area contributed by atoms with Gasteiger partial charge in [-0.2, -0.15) is 5.26 Å². The Balaban J connectivity index is 2.13. The van der Waals surface area contributed by atoms with Gasteiger partial charge >= 0.3 is 0 Å². The van der Waals surface area contributed by atoms with Gasteiger partial charge in [0.25, 0.3) is 11.2 Å². The molecule has 0 spiro atoms. The van der Waals surface area contributed by atoms with E-state index in [2.05, 4.69) is 11.4 Å². The Bertz CT molecular complexity index is 667. The molecule has 0 saturated heterocycles. The molecule has 1 amide bonds. The van der Waals surface area contributed by atoms with Crippen molar-refractivity contribution < 1.29 is 9.72 Å². The maximum Gasteiger partial charge on any atom is 0.285 e. The minimum Gasteiger partial charge on any atom is -0.336 e. The summed E-state index contributed by atoms with van der Waals surface area (Å²) in [4.78, 5) is 33.6. The highest BCUT2D eigenvalue weighted by molar-refractivity contribution is 5.77. The molecule has 1 saturated carbocycles. The number of nitrogens with one attached hydrogen (secondary N) is 1. The van der Waals surface area contributed by atoms with Crippen molar-refractivity contribution in [3.63, 3.8) is 0 Å². The Labute approximate surface area is 120 Å². The number of hydrogen-bond acceptors (Lipinski definition) is 5. The molecule has 0 aromatic carbocycles. The molecule has 0 radical (unpaired) electrons. The van der Waals surface area contributed by atoms with Gasteiger partial charge in [0, 0.05) is 12.1 Å². The highest BCUT2D eigenvalue weighted by Gasteiger charge is 2.35. The zero-order valence-electron chi connectivity index (χ0n) is 11.2. The number of pyridine rings is 1. The molecule has 1 fully saturated rings. The van der Waals surface area contributed by atoms with Crippen molar-refractivity contribution >= 4 is 11.6 Å².